The minimum absolute atomic E-state index is 0.0657. The molecule has 0 fully saturated rings. The summed E-state index contributed by atoms with van der Waals surface area (Å²) in [7, 11) is 0. The smallest absolute Gasteiger partial charge is 0.459 e. The maximum Gasteiger partial charge on any atom is 0.509 e. The molecule has 0 aliphatic heterocycles. The average molecular weight is 801 g/mol. The van der Waals surface area contributed by atoms with Crippen LogP contribution in [0.3, 0.4) is 0 Å². The van der Waals surface area contributed by atoms with E-state index < -0.39 is 30.3 Å². The highest BCUT2D eigenvalue weighted by Crippen LogP contribution is 2.13. The number of halogens is 1. The predicted octanol–water partition coefficient (Wildman–Crippen LogP) is 10.1. The second-order valence-corrected chi connectivity index (χ2v) is 13.6. The van der Waals surface area contributed by atoms with Crippen molar-refractivity contribution in [3.63, 3.8) is 0 Å². The molecule has 300 valence electrons. The van der Waals surface area contributed by atoms with Gasteiger partial charge in [-0.3, -0.25) is 0 Å². The Labute approximate surface area is 346 Å². The van der Waals surface area contributed by atoms with Gasteiger partial charge < -0.3 is 24.1 Å². The third-order valence-electron chi connectivity index (χ3n) is 8.51. The van der Waals surface area contributed by atoms with Gasteiger partial charge in [0.2, 0.25) is 6.10 Å². The zero-order valence-electron chi connectivity index (χ0n) is 32.7. The lowest BCUT2D eigenvalue weighted by atomic mass is 10.1. The van der Waals surface area contributed by atoms with Crippen LogP contribution in [0.15, 0.2) is 170 Å². The second-order valence-electron chi connectivity index (χ2n) is 13.3. The number of aliphatic hydroxyl groups excluding tert-OH is 1. The van der Waals surface area contributed by atoms with Gasteiger partial charge in [-0.15, -0.1) is 11.6 Å². The largest absolute Gasteiger partial charge is 0.509 e. The lowest BCUT2D eigenvalue weighted by Gasteiger charge is -2.17. The Morgan fingerprint density at radius 2 is 0.828 bits per heavy atom. The van der Waals surface area contributed by atoms with Crippen molar-refractivity contribution in [1.29, 1.82) is 0 Å². The van der Waals surface area contributed by atoms with E-state index in [1.54, 1.807) is 0 Å². The third-order valence-corrected chi connectivity index (χ3v) is 8.82. The summed E-state index contributed by atoms with van der Waals surface area (Å²) < 4.78 is 20.9. The van der Waals surface area contributed by atoms with Crippen LogP contribution < -0.4 is 0 Å². The monoisotopic (exact) mass is 800 g/mol. The minimum atomic E-state index is -1.12. The van der Waals surface area contributed by atoms with E-state index in [1.807, 2.05) is 165 Å². The van der Waals surface area contributed by atoms with Crippen molar-refractivity contribution in [2.24, 2.45) is 0 Å². The molecular weight excluding hydrogens is 752 g/mol. The van der Waals surface area contributed by atoms with Crippen LogP contribution in [0.2, 0.25) is 0 Å². The molecule has 58 heavy (non-hydrogen) atoms. The zero-order chi connectivity index (χ0) is 41.4. The molecule has 1 N–H and O–H groups in total. The van der Waals surface area contributed by atoms with Gasteiger partial charge in [0, 0.05) is 18.7 Å². The van der Waals surface area contributed by atoms with E-state index in [4.69, 9.17) is 30.5 Å². The second kappa shape index (κ2) is 25.1. The molecule has 9 heteroatoms. The molecule has 8 nitrogen and oxygen atoms in total. The molecule has 0 aliphatic rings. The van der Waals surface area contributed by atoms with Gasteiger partial charge in [0.1, 0.15) is 19.8 Å². The number of carbonyl (C=O) groups is 3. The van der Waals surface area contributed by atoms with Crippen LogP contribution in [0.4, 0.5) is 4.79 Å². The highest BCUT2D eigenvalue weighted by Gasteiger charge is 2.26. The highest BCUT2D eigenvalue weighted by atomic mass is 35.5. The number of esters is 2. The first-order chi connectivity index (χ1) is 28.2. The minimum Gasteiger partial charge on any atom is -0.459 e. The number of alkyl halides is 1. The Balaban J connectivity index is 0.000000224. The quantitative estimate of drug-likeness (QED) is 0.0659. The number of carbonyl (C=O) groups excluding carboxylic acids is 3. The molecule has 1 unspecified atom stereocenters. The van der Waals surface area contributed by atoms with Gasteiger partial charge in [-0.2, -0.15) is 0 Å². The number of aliphatic hydroxyl groups is 1. The number of rotatable bonds is 14. The Bertz CT molecular complexity index is 2060. The lowest BCUT2D eigenvalue weighted by molar-refractivity contribution is -0.156. The van der Waals surface area contributed by atoms with Gasteiger partial charge >= 0.3 is 18.1 Å². The number of benzene rings is 6. The van der Waals surface area contributed by atoms with Gasteiger partial charge in [0.15, 0.2) is 6.10 Å². The van der Waals surface area contributed by atoms with Crippen LogP contribution in [0.25, 0.3) is 0 Å². The summed E-state index contributed by atoms with van der Waals surface area (Å²) in [5, 5.41) is 9.77. The van der Waals surface area contributed by atoms with Crippen LogP contribution in [0, 0.1) is 13.8 Å². The van der Waals surface area contributed by atoms with Gasteiger partial charge in [0.05, 0.1) is 0 Å². The molecule has 0 saturated heterocycles. The summed E-state index contributed by atoms with van der Waals surface area (Å²) >= 11 is 5.58. The van der Waals surface area contributed by atoms with Crippen LogP contribution >= 0.6 is 11.6 Å². The summed E-state index contributed by atoms with van der Waals surface area (Å²) in [5.74, 6) is -0.594. The molecule has 0 amide bonds. The standard InChI is InChI=1S/C25H24O5.C16H16O3.C8H9Cl/c1-19-12-14-22(15-13-19)18-29-25(27)30-23(16-20-8-4-2-5-9-20)24(26)28-17-21-10-6-3-7-11-21;17-15(11-13-7-3-1-4-8-13)16(18)19-12-14-9-5-2-6-10-14;1-7-2-4-8(6-9)5-3-7/h2-15,23H,16-18H2,1H3;1-10,15,17H,11-12H2;2-5H,6H2,1H3/t;15-;/m.0./s1. The predicted molar refractivity (Wildman–Crippen MR) is 226 cm³/mol. The molecule has 6 aromatic carbocycles. The molecule has 6 aromatic rings. The molecule has 0 aliphatic carbocycles. The summed E-state index contributed by atoms with van der Waals surface area (Å²) in [6.07, 6.45) is -2.65. The van der Waals surface area contributed by atoms with Gasteiger partial charge in [-0.05, 0) is 47.2 Å². The third kappa shape index (κ3) is 17.3. The van der Waals surface area contributed by atoms with Crippen molar-refractivity contribution in [3.05, 3.63) is 214 Å². The van der Waals surface area contributed by atoms with Crippen molar-refractivity contribution in [2.75, 3.05) is 0 Å². The Hall–Kier alpha value is -6.22. The molecule has 0 saturated carbocycles. The van der Waals surface area contributed by atoms with Crippen LogP contribution in [-0.4, -0.2) is 35.4 Å². The molecule has 6 rings (SSSR count). The highest BCUT2D eigenvalue weighted by molar-refractivity contribution is 6.17. The van der Waals surface area contributed by atoms with Crippen molar-refractivity contribution < 1.29 is 38.4 Å². The fourth-order valence-electron chi connectivity index (χ4n) is 5.22. The van der Waals surface area contributed by atoms with Crippen LogP contribution in [0.1, 0.15) is 44.5 Å². The number of hydrogen-bond donors (Lipinski definition) is 1. The summed E-state index contributed by atoms with van der Waals surface area (Å²) in [4.78, 5) is 36.5. The van der Waals surface area contributed by atoms with Gasteiger partial charge in [0.25, 0.3) is 0 Å². The molecule has 2 atom stereocenters. The summed E-state index contributed by atoms with van der Waals surface area (Å²) in [6, 6.07) is 53.3. The first-order valence-corrected chi connectivity index (χ1v) is 19.4. The summed E-state index contributed by atoms with van der Waals surface area (Å²) in [6.45, 7) is 4.40. The number of ether oxygens (including phenoxy) is 4. The van der Waals surface area contributed by atoms with Crippen molar-refractivity contribution in [1.82, 2.24) is 0 Å². The Morgan fingerprint density at radius 1 is 0.466 bits per heavy atom. The molecule has 0 spiro atoms. The maximum absolute atomic E-state index is 12.6. The first kappa shape index (κ1) is 44.5. The number of aryl methyl sites for hydroxylation is 2. The molecule has 0 heterocycles. The first-order valence-electron chi connectivity index (χ1n) is 18.9. The number of hydrogen-bond acceptors (Lipinski definition) is 8. The molecule has 0 aromatic heterocycles. The lowest BCUT2D eigenvalue weighted by Crippen LogP contribution is -2.31. The fraction of sp³-hybridized carbons (Fsp3) is 0.204. The average Bonchev–Trinajstić information content (AvgIpc) is 3.26. The topological polar surface area (TPSA) is 108 Å². The maximum atomic E-state index is 12.6. The fourth-order valence-corrected chi connectivity index (χ4v) is 5.40. The summed E-state index contributed by atoms with van der Waals surface area (Å²) in [5.41, 5.74) is 7.94. The van der Waals surface area contributed by atoms with Gasteiger partial charge in [-0.1, -0.05) is 181 Å². The SMILES string of the molecule is Cc1ccc(CCl)cc1.Cc1ccc(COC(=O)OC(Cc2ccccc2)C(=O)OCc2ccccc2)cc1.O=C(OCc1ccccc1)[C@@H](O)Cc1ccccc1. The van der Waals surface area contributed by atoms with Crippen LogP contribution in [0.5, 0.6) is 0 Å². The molecule has 0 radical (unpaired) electrons. The van der Waals surface area contributed by atoms with E-state index in [2.05, 4.69) is 19.1 Å². The normalized spacial score (nSPS) is 11.2. The Kier molecular flexibility index (Phi) is 19.3. The van der Waals surface area contributed by atoms with Crippen molar-refractivity contribution in [3.8, 4) is 0 Å². The molecular formula is C49H49ClO8. The molecule has 0 bridgehead atoms. The zero-order valence-corrected chi connectivity index (χ0v) is 33.5. The van der Waals surface area contributed by atoms with E-state index in [0.717, 1.165) is 33.4 Å². The van der Waals surface area contributed by atoms with Crippen molar-refractivity contribution in [2.45, 2.75) is 64.6 Å². The van der Waals surface area contributed by atoms with E-state index in [-0.39, 0.29) is 32.7 Å². The Morgan fingerprint density at radius 3 is 1.28 bits per heavy atom. The van der Waals surface area contributed by atoms with Gasteiger partial charge in [-0.25, -0.2) is 14.4 Å². The van der Waals surface area contributed by atoms with E-state index in [9.17, 15) is 19.5 Å². The van der Waals surface area contributed by atoms with E-state index in [1.165, 1.54) is 11.1 Å². The van der Waals surface area contributed by atoms with Crippen LogP contribution in [-0.2, 0) is 67.1 Å². The van der Waals surface area contributed by atoms with E-state index in [0.29, 0.717) is 5.88 Å². The van der Waals surface area contributed by atoms with E-state index >= 15 is 0 Å². The van der Waals surface area contributed by atoms with Crippen molar-refractivity contribution >= 4 is 29.7 Å².